The zero-order chi connectivity index (χ0) is 32.0. The number of thioether (sulfide) groups is 1. The average molecular weight is 632 g/mol. The van der Waals surface area contributed by atoms with E-state index in [1.165, 1.54) is 58.8 Å². The molecule has 0 aliphatic carbocycles. The fourth-order valence-electron chi connectivity index (χ4n) is 4.73. The van der Waals surface area contributed by atoms with Crippen LogP contribution in [0.4, 0.5) is 23.7 Å². The third kappa shape index (κ3) is 7.96. The Morgan fingerprint density at radius 1 is 1.16 bits per heavy atom. The number of urea groups is 1. The highest BCUT2D eigenvalue weighted by atomic mass is 32.2. The molecule has 4 aromatic rings. The molecular weight excluding hydrogens is 603 g/mol. The first-order valence-corrected chi connectivity index (χ1v) is 15.1. The lowest BCUT2D eigenvalue weighted by molar-refractivity contribution is -0.274. The molecule has 9 nitrogen and oxygen atoms in total. The molecule has 2 amide bonds. The minimum atomic E-state index is -4.77. The number of carbonyl (C=O) groups is 1. The van der Waals surface area contributed by atoms with Crippen LogP contribution in [0.2, 0.25) is 0 Å². The number of aryl methyl sites for hydroxylation is 2. The maximum absolute atomic E-state index is 12.7. The van der Waals surface area contributed by atoms with Gasteiger partial charge < -0.3 is 9.64 Å². The maximum Gasteiger partial charge on any atom is 0.573 e. The minimum Gasteiger partial charge on any atom is -0.406 e. The van der Waals surface area contributed by atoms with Crippen molar-refractivity contribution in [3.8, 4) is 28.9 Å². The normalized spacial score (nSPS) is 15.0. The lowest BCUT2D eigenvalue weighted by Crippen LogP contribution is -2.25. The van der Waals surface area contributed by atoms with Crippen molar-refractivity contribution >= 4 is 34.9 Å². The first kappa shape index (κ1) is 31.5. The molecule has 5 rings (SSSR count). The van der Waals surface area contributed by atoms with Crippen LogP contribution in [0.15, 0.2) is 83.0 Å². The SMILES string of the molecule is CCCc1ccc(C)cc1N1CCSC1=NC(=O)N=CC(C#N)c1ccc(-c2ncn(-c3ccc(OC(F)(F)F)cc3)n2)cc1. The van der Waals surface area contributed by atoms with Crippen LogP contribution < -0.4 is 9.64 Å². The number of hydrogen-bond donors (Lipinski definition) is 0. The molecule has 0 bridgehead atoms. The topological polar surface area (TPSA) is 109 Å². The summed E-state index contributed by atoms with van der Waals surface area (Å²) in [6.07, 6.45) is -0.113. The molecule has 1 aliphatic heterocycles. The standard InChI is InChI=1S/C32H28F3N7O2S/c1-3-4-23-6-5-21(2)17-28(23)41-15-16-45-31(41)39-30(43)37-19-25(18-36)22-7-9-24(10-8-22)29-38-20-42(40-29)26-11-13-27(14-12-26)44-32(33,34)35/h5-14,17,19-20,25H,3-4,15-16H2,1-2H3. The van der Waals surface area contributed by atoms with Crippen molar-refractivity contribution in [1.82, 2.24) is 14.8 Å². The zero-order valence-corrected chi connectivity index (χ0v) is 25.2. The Kier molecular flexibility index (Phi) is 9.63. The molecule has 0 saturated carbocycles. The minimum absolute atomic E-state index is 0.338. The van der Waals surface area contributed by atoms with Gasteiger partial charge in [0.05, 0.1) is 11.8 Å². The number of aromatic nitrogens is 3. The molecular formula is C32H28F3N7O2S. The summed E-state index contributed by atoms with van der Waals surface area (Å²) in [6.45, 7) is 4.91. The molecule has 3 aromatic carbocycles. The Morgan fingerprint density at radius 2 is 1.91 bits per heavy atom. The first-order chi connectivity index (χ1) is 21.6. The van der Waals surface area contributed by atoms with Crippen LogP contribution in [0, 0.1) is 18.3 Å². The summed E-state index contributed by atoms with van der Waals surface area (Å²) in [4.78, 5) is 27.3. The molecule has 1 unspecified atom stereocenters. The van der Waals surface area contributed by atoms with E-state index in [1.807, 2.05) is 6.92 Å². The predicted octanol–water partition coefficient (Wildman–Crippen LogP) is 7.50. The van der Waals surface area contributed by atoms with Gasteiger partial charge in [0, 0.05) is 29.8 Å². The van der Waals surface area contributed by atoms with Gasteiger partial charge in [-0.3, -0.25) is 0 Å². The zero-order valence-electron chi connectivity index (χ0n) is 24.4. The number of nitriles is 1. The van der Waals surface area contributed by atoms with Crippen LogP contribution in [0.5, 0.6) is 5.75 Å². The van der Waals surface area contributed by atoms with E-state index in [1.54, 1.807) is 24.3 Å². The lowest BCUT2D eigenvalue weighted by atomic mass is 10.0. The molecule has 0 radical (unpaired) electrons. The van der Waals surface area contributed by atoms with E-state index < -0.39 is 18.3 Å². The summed E-state index contributed by atoms with van der Waals surface area (Å²) in [5.74, 6) is 0.0549. The van der Waals surface area contributed by atoms with E-state index in [4.69, 9.17) is 0 Å². The van der Waals surface area contributed by atoms with Crippen LogP contribution in [-0.2, 0) is 6.42 Å². The first-order valence-electron chi connectivity index (χ1n) is 14.1. The third-order valence-electron chi connectivity index (χ3n) is 6.85. The molecule has 1 fully saturated rings. The number of hydrogen-bond acceptors (Lipinski definition) is 6. The molecule has 1 aromatic heterocycles. The molecule has 45 heavy (non-hydrogen) atoms. The quantitative estimate of drug-likeness (QED) is 0.185. The van der Waals surface area contributed by atoms with Gasteiger partial charge in [0.25, 0.3) is 0 Å². The van der Waals surface area contributed by atoms with E-state index in [9.17, 15) is 23.2 Å². The number of benzene rings is 3. The van der Waals surface area contributed by atoms with E-state index in [2.05, 4.69) is 60.9 Å². The molecule has 2 heterocycles. The van der Waals surface area contributed by atoms with Crippen molar-refractivity contribution in [3.63, 3.8) is 0 Å². The van der Waals surface area contributed by atoms with Gasteiger partial charge in [-0.2, -0.15) is 10.3 Å². The number of amidine groups is 1. The van der Waals surface area contributed by atoms with Gasteiger partial charge in [-0.25, -0.2) is 19.5 Å². The van der Waals surface area contributed by atoms with Crippen molar-refractivity contribution < 1.29 is 22.7 Å². The number of ether oxygens (including phenoxy) is 1. The van der Waals surface area contributed by atoms with Crippen molar-refractivity contribution in [3.05, 3.63) is 89.7 Å². The van der Waals surface area contributed by atoms with Gasteiger partial charge >= 0.3 is 12.4 Å². The monoisotopic (exact) mass is 631 g/mol. The molecule has 1 aliphatic rings. The molecule has 0 spiro atoms. The summed E-state index contributed by atoms with van der Waals surface area (Å²) >= 11 is 1.50. The molecule has 1 atom stereocenters. The van der Waals surface area contributed by atoms with Crippen LogP contribution in [-0.4, -0.2) is 50.8 Å². The number of carbonyl (C=O) groups excluding carboxylic acids is 1. The summed E-state index contributed by atoms with van der Waals surface area (Å²) in [5, 5.41) is 14.8. The molecule has 0 N–H and O–H groups in total. The summed E-state index contributed by atoms with van der Waals surface area (Å²) in [5.41, 5.74) is 5.16. The Bertz CT molecular complexity index is 1760. The van der Waals surface area contributed by atoms with E-state index in [-0.39, 0.29) is 5.75 Å². The van der Waals surface area contributed by atoms with Crippen LogP contribution >= 0.6 is 11.8 Å². The number of anilines is 1. The largest absolute Gasteiger partial charge is 0.573 e. The Hall–Kier alpha value is -4.96. The van der Waals surface area contributed by atoms with Gasteiger partial charge in [-0.1, -0.05) is 61.5 Å². The van der Waals surface area contributed by atoms with E-state index in [0.29, 0.717) is 27.8 Å². The van der Waals surface area contributed by atoms with Crippen LogP contribution in [0.3, 0.4) is 0 Å². The van der Waals surface area contributed by atoms with Gasteiger partial charge in [0.15, 0.2) is 11.0 Å². The fraction of sp³-hybridized carbons (Fsp3) is 0.250. The predicted molar refractivity (Wildman–Crippen MR) is 168 cm³/mol. The van der Waals surface area contributed by atoms with Gasteiger partial charge in [-0.15, -0.1) is 18.3 Å². The highest BCUT2D eigenvalue weighted by Gasteiger charge is 2.31. The van der Waals surface area contributed by atoms with Crippen molar-refractivity contribution in [1.29, 1.82) is 5.26 Å². The van der Waals surface area contributed by atoms with Gasteiger partial charge in [-0.05, 0) is 60.4 Å². The highest BCUT2D eigenvalue weighted by molar-refractivity contribution is 8.14. The van der Waals surface area contributed by atoms with Gasteiger partial charge in [0.1, 0.15) is 18.0 Å². The Balaban J connectivity index is 1.25. The number of amides is 2. The van der Waals surface area contributed by atoms with Crippen molar-refractivity contribution in [2.45, 2.75) is 39.0 Å². The summed E-state index contributed by atoms with van der Waals surface area (Å²) in [7, 11) is 0. The lowest BCUT2D eigenvalue weighted by Gasteiger charge is -2.21. The highest BCUT2D eigenvalue weighted by Crippen LogP contribution is 2.31. The number of rotatable bonds is 8. The van der Waals surface area contributed by atoms with E-state index in [0.717, 1.165) is 36.4 Å². The number of halogens is 3. The second-order valence-electron chi connectivity index (χ2n) is 10.1. The average Bonchev–Trinajstić information content (AvgIpc) is 3.69. The van der Waals surface area contributed by atoms with Crippen molar-refractivity contribution in [2.75, 3.05) is 17.2 Å². The second kappa shape index (κ2) is 13.8. The Morgan fingerprint density at radius 3 is 2.60 bits per heavy atom. The van der Waals surface area contributed by atoms with Crippen molar-refractivity contribution in [2.24, 2.45) is 9.98 Å². The van der Waals surface area contributed by atoms with E-state index >= 15 is 0 Å². The number of alkyl halides is 3. The summed E-state index contributed by atoms with van der Waals surface area (Å²) in [6, 6.07) is 19.9. The molecule has 1 saturated heterocycles. The second-order valence-corrected chi connectivity index (χ2v) is 11.2. The number of nitrogens with zero attached hydrogens (tertiary/aromatic N) is 7. The third-order valence-corrected chi connectivity index (χ3v) is 7.80. The maximum atomic E-state index is 12.7. The smallest absolute Gasteiger partial charge is 0.406 e. The fourth-order valence-corrected chi connectivity index (χ4v) is 5.67. The molecule has 230 valence electrons. The van der Waals surface area contributed by atoms with Gasteiger partial charge in [0.2, 0.25) is 0 Å². The number of aliphatic imine (C=N–C) groups is 2. The Labute approximate surface area is 262 Å². The summed E-state index contributed by atoms with van der Waals surface area (Å²) < 4.78 is 42.6. The molecule has 13 heteroatoms. The van der Waals surface area contributed by atoms with Crippen LogP contribution in [0.1, 0.15) is 36.0 Å². The van der Waals surface area contributed by atoms with Crippen LogP contribution in [0.25, 0.3) is 17.1 Å².